The molecule has 0 aromatic heterocycles. The van der Waals surface area contributed by atoms with Crippen LogP contribution in [0.2, 0.25) is 5.02 Å². The molecule has 2 N–H and O–H groups in total. The van der Waals surface area contributed by atoms with Crippen molar-refractivity contribution in [1.29, 1.82) is 0 Å². The van der Waals surface area contributed by atoms with Gasteiger partial charge in [0.1, 0.15) is 17.3 Å². The molecule has 0 bridgehead atoms. The Morgan fingerprint density at radius 1 is 1.26 bits per heavy atom. The van der Waals surface area contributed by atoms with E-state index in [0.717, 1.165) is 0 Å². The van der Waals surface area contributed by atoms with Crippen LogP contribution < -0.4 is 10.1 Å². The van der Waals surface area contributed by atoms with E-state index in [1.807, 2.05) is 0 Å². The molecule has 2 aromatic rings. The van der Waals surface area contributed by atoms with Gasteiger partial charge in [-0.1, -0.05) is 11.6 Å². The lowest BCUT2D eigenvalue weighted by molar-refractivity contribution is 0.413. The van der Waals surface area contributed by atoms with Crippen molar-refractivity contribution >= 4 is 17.3 Å². The summed E-state index contributed by atoms with van der Waals surface area (Å²) in [6, 6.07) is 9.01. The molecule has 0 radical (unpaired) electrons. The van der Waals surface area contributed by atoms with Gasteiger partial charge in [-0.15, -0.1) is 0 Å². The summed E-state index contributed by atoms with van der Waals surface area (Å²) in [7, 11) is 1.47. The number of ether oxygens (including phenoxy) is 1. The third-order valence-corrected chi connectivity index (χ3v) is 2.91. The second-order valence-corrected chi connectivity index (χ2v) is 4.41. The number of hydrogen-bond donors (Lipinski definition) is 2. The summed E-state index contributed by atoms with van der Waals surface area (Å²) in [6.45, 7) is 0.356. The van der Waals surface area contributed by atoms with Crippen LogP contribution in [0.5, 0.6) is 11.5 Å². The maximum Gasteiger partial charge on any atom is 0.144 e. The summed E-state index contributed by atoms with van der Waals surface area (Å²) >= 11 is 5.86. The number of hydrogen-bond acceptors (Lipinski definition) is 3. The number of methoxy groups -OCH3 is 1. The summed E-state index contributed by atoms with van der Waals surface area (Å²) in [5.41, 5.74) is 1.29. The normalized spacial score (nSPS) is 10.3. The summed E-state index contributed by atoms with van der Waals surface area (Å²) in [6.07, 6.45) is 0. The topological polar surface area (TPSA) is 41.5 Å². The second-order valence-electron chi connectivity index (χ2n) is 3.97. The van der Waals surface area contributed by atoms with Crippen LogP contribution in [0, 0.1) is 5.82 Å². The van der Waals surface area contributed by atoms with E-state index in [1.54, 1.807) is 18.2 Å². The molecular formula is C14H13ClFNO2. The first-order chi connectivity index (χ1) is 9.10. The number of anilines is 1. The molecule has 0 aliphatic heterocycles. The number of benzene rings is 2. The average molecular weight is 282 g/mol. The van der Waals surface area contributed by atoms with Gasteiger partial charge in [-0.05, 0) is 30.3 Å². The predicted molar refractivity (Wildman–Crippen MR) is 73.4 cm³/mol. The van der Waals surface area contributed by atoms with E-state index >= 15 is 0 Å². The Morgan fingerprint density at radius 2 is 2.05 bits per heavy atom. The fourth-order valence-electron chi connectivity index (χ4n) is 1.70. The van der Waals surface area contributed by atoms with Crippen LogP contribution in [0.25, 0.3) is 0 Å². The lowest BCUT2D eigenvalue weighted by Crippen LogP contribution is -2.02. The minimum absolute atomic E-state index is 0.151. The summed E-state index contributed by atoms with van der Waals surface area (Å²) in [4.78, 5) is 0. The Morgan fingerprint density at radius 3 is 2.79 bits per heavy atom. The van der Waals surface area contributed by atoms with Gasteiger partial charge in [-0.2, -0.15) is 0 Å². The van der Waals surface area contributed by atoms with Crippen molar-refractivity contribution in [2.24, 2.45) is 0 Å². The van der Waals surface area contributed by atoms with Crippen molar-refractivity contribution in [3.05, 3.63) is 52.8 Å². The largest absolute Gasteiger partial charge is 0.508 e. The standard InChI is InChI=1S/C14H13ClFNO2/c1-19-14-7-11(16)3-4-12(14)17-8-9-6-10(15)2-5-13(9)18/h2-7,17-18H,8H2,1H3. The minimum atomic E-state index is -0.368. The molecule has 2 rings (SSSR count). The molecule has 5 heteroatoms. The van der Waals surface area contributed by atoms with Gasteiger partial charge in [-0.3, -0.25) is 0 Å². The SMILES string of the molecule is COc1cc(F)ccc1NCc1cc(Cl)ccc1O. The highest BCUT2D eigenvalue weighted by molar-refractivity contribution is 6.30. The van der Waals surface area contributed by atoms with Gasteiger partial charge in [0.05, 0.1) is 12.8 Å². The molecule has 2 aromatic carbocycles. The van der Waals surface area contributed by atoms with Gasteiger partial charge >= 0.3 is 0 Å². The smallest absolute Gasteiger partial charge is 0.144 e. The molecule has 0 aliphatic carbocycles. The average Bonchev–Trinajstić information content (AvgIpc) is 2.40. The van der Waals surface area contributed by atoms with Gasteiger partial charge in [0.25, 0.3) is 0 Å². The molecule has 0 fully saturated rings. The van der Waals surface area contributed by atoms with Gasteiger partial charge in [0, 0.05) is 23.2 Å². The Balaban J connectivity index is 2.16. The Hall–Kier alpha value is -1.94. The fourth-order valence-corrected chi connectivity index (χ4v) is 1.89. The quantitative estimate of drug-likeness (QED) is 0.895. The molecule has 0 saturated carbocycles. The first-order valence-electron chi connectivity index (χ1n) is 5.65. The van der Waals surface area contributed by atoms with Crippen LogP contribution in [0.15, 0.2) is 36.4 Å². The van der Waals surface area contributed by atoms with Gasteiger partial charge in [0.15, 0.2) is 0 Å². The molecule has 0 amide bonds. The van der Waals surface area contributed by atoms with Crippen LogP contribution >= 0.6 is 11.6 Å². The van der Waals surface area contributed by atoms with Crippen molar-refractivity contribution in [3.8, 4) is 11.5 Å². The second kappa shape index (κ2) is 5.80. The van der Waals surface area contributed by atoms with Crippen LogP contribution in [0.4, 0.5) is 10.1 Å². The highest BCUT2D eigenvalue weighted by Gasteiger charge is 2.06. The number of nitrogens with one attached hydrogen (secondary N) is 1. The van der Waals surface area contributed by atoms with E-state index in [0.29, 0.717) is 28.6 Å². The van der Waals surface area contributed by atoms with Crippen LogP contribution in [-0.2, 0) is 6.54 Å². The summed E-state index contributed by atoms with van der Waals surface area (Å²) < 4.78 is 18.1. The van der Waals surface area contributed by atoms with E-state index < -0.39 is 0 Å². The maximum absolute atomic E-state index is 13.0. The highest BCUT2D eigenvalue weighted by atomic mass is 35.5. The Kier molecular flexibility index (Phi) is 4.12. The highest BCUT2D eigenvalue weighted by Crippen LogP contribution is 2.27. The molecule has 0 heterocycles. The number of aromatic hydroxyl groups is 1. The first kappa shape index (κ1) is 13.5. The van der Waals surface area contributed by atoms with Crippen molar-refractivity contribution in [1.82, 2.24) is 0 Å². The monoisotopic (exact) mass is 281 g/mol. The van der Waals surface area contributed by atoms with Gasteiger partial charge in [-0.25, -0.2) is 4.39 Å². The van der Waals surface area contributed by atoms with E-state index in [2.05, 4.69) is 5.32 Å². The van der Waals surface area contributed by atoms with E-state index in [9.17, 15) is 9.50 Å². The van der Waals surface area contributed by atoms with Crippen LogP contribution in [0.3, 0.4) is 0 Å². The minimum Gasteiger partial charge on any atom is -0.508 e. The van der Waals surface area contributed by atoms with Crippen molar-refractivity contribution in [2.45, 2.75) is 6.54 Å². The predicted octanol–water partition coefficient (Wildman–Crippen LogP) is 3.81. The summed E-state index contributed by atoms with van der Waals surface area (Å²) in [5.74, 6) is 0.187. The van der Waals surface area contributed by atoms with Crippen molar-refractivity contribution < 1.29 is 14.2 Å². The third-order valence-electron chi connectivity index (χ3n) is 2.67. The molecule has 0 atom stereocenters. The summed E-state index contributed by atoms with van der Waals surface area (Å²) in [5, 5.41) is 13.3. The zero-order valence-corrected chi connectivity index (χ0v) is 11.0. The first-order valence-corrected chi connectivity index (χ1v) is 6.03. The Bertz CT molecular complexity index is 590. The van der Waals surface area contributed by atoms with E-state index in [4.69, 9.17) is 16.3 Å². The molecule has 19 heavy (non-hydrogen) atoms. The zero-order chi connectivity index (χ0) is 13.8. The fraction of sp³-hybridized carbons (Fsp3) is 0.143. The molecule has 0 spiro atoms. The molecular weight excluding hydrogens is 269 g/mol. The molecule has 0 saturated heterocycles. The van der Waals surface area contributed by atoms with Gasteiger partial charge < -0.3 is 15.2 Å². The van der Waals surface area contributed by atoms with Crippen LogP contribution in [-0.4, -0.2) is 12.2 Å². The van der Waals surface area contributed by atoms with E-state index in [-0.39, 0.29) is 11.6 Å². The lowest BCUT2D eigenvalue weighted by atomic mass is 10.2. The number of phenolic OH excluding ortho intramolecular Hbond substituents is 1. The molecule has 100 valence electrons. The maximum atomic E-state index is 13.0. The molecule has 0 unspecified atom stereocenters. The zero-order valence-electron chi connectivity index (χ0n) is 10.3. The lowest BCUT2D eigenvalue weighted by Gasteiger charge is -2.12. The van der Waals surface area contributed by atoms with Crippen LogP contribution in [0.1, 0.15) is 5.56 Å². The van der Waals surface area contributed by atoms with Crippen molar-refractivity contribution in [3.63, 3.8) is 0 Å². The van der Waals surface area contributed by atoms with E-state index in [1.165, 1.54) is 25.3 Å². The molecule has 0 aliphatic rings. The molecule has 3 nitrogen and oxygen atoms in total. The number of phenols is 1. The number of rotatable bonds is 4. The van der Waals surface area contributed by atoms with Gasteiger partial charge in [0.2, 0.25) is 0 Å². The third kappa shape index (κ3) is 3.29. The van der Waals surface area contributed by atoms with Crippen molar-refractivity contribution in [2.75, 3.05) is 12.4 Å². The Labute approximate surface area is 115 Å². The number of halogens is 2.